The summed E-state index contributed by atoms with van der Waals surface area (Å²) in [5.41, 5.74) is 0.902. The first-order chi connectivity index (χ1) is 13.9. The van der Waals surface area contributed by atoms with Crippen molar-refractivity contribution in [2.45, 2.75) is 38.0 Å². The van der Waals surface area contributed by atoms with Crippen LogP contribution >= 0.6 is 22.9 Å². The van der Waals surface area contributed by atoms with Gasteiger partial charge in [0.25, 0.3) is 0 Å². The second-order valence-electron chi connectivity index (χ2n) is 7.70. The van der Waals surface area contributed by atoms with Crippen molar-refractivity contribution in [3.05, 3.63) is 45.9 Å². The molecule has 0 spiro atoms. The zero-order valence-electron chi connectivity index (χ0n) is 15.9. The van der Waals surface area contributed by atoms with Crippen LogP contribution in [-0.2, 0) is 16.1 Å². The van der Waals surface area contributed by atoms with Crippen LogP contribution < -0.4 is 0 Å². The van der Waals surface area contributed by atoms with Crippen molar-refractivity contribution in [3.63, 3.8) is 0 Å². The van der Waals surface area contributed by atoms with Gasteiger partial charge in [0.1, 0.15) is 11.7 Å². The average Bonchev–Trinajstić information content (AvgIpc) is 3.07. The van der Waals surface area contributed by atoms with Crippen LogP contribution in [0.25, 0.3) is 10.1 Å². The number of carbonyl (C=O) groups is 2. The van der Waals surface area contributed by atoms with Crippen molar-refractivity contribution < 1.29 is 19.8 Å². The van der Waals surface area contributed by atoms with E-state index in [-0.39, 0.29) is 18.2 Å². The maximum Gasteiger partial charge on any atom is 0.340 e. The topological polar surface area (TPSA) is 81.1 Å². The number of carboxylic acid groups (broad SMARTS) is 1. The van der Waals surface area contributed by atoms with Gasteiger partial charge in [-0.25, -0.2) is 4.79 Å². The van der Waals surface area contributed by atoms with Crippen molar-refractivity contribution in [2.24, 2.45) is 0 Å². The van der Waals surface area contributed by atoms with E-state index in [4.69, 9.17) is 11.6 Å². The number of carbonyl (C=O) groups excluding carboxylic acids is 1. The lowest BCUT2D eigenvalue weighted by molar-refractivity contribution is -0.137. The molecule has 1 aromatic heterocycles. The Balaban J connectivity index is 1.52. The second kappa shape index (κ2) is 8.44. The second-order valence-corrected chi connectivity index (χ2v) is 9.05. The predicted molar refractivity (Wildman–Crippen MR) is 113 cm³/mol. The van der Waals surface area contributed by atoms with Crippen LogP contribution in [-0.4, -0.2) is 63.5 Å². The number of likely N-dealkylation sites (tertiary alicyclic amines) is 1. The molecule has 4 rings (SSSR count). The third-order valence-electron chi connectivity index (χ3n) is 5.70. The molecule has 154 valence electrons. The first kappa shape index (κ1) is 20.3. The maximum atomic E-state index is 11.9. The molecule has 8 heteroatoms. The van der Waals surface area contributed by atoms with Crippen molar-refractivity contribution in [2.75, 3.05) is 19.6 Å². The summed E-state index contributed by atoms with van der Waals surface area (Å²) >= 11 is 7.90. The van der Waals surface area contributed by atoms with Crippen LogP contribution in [0.15, 0.2) is 35.4 Å². The number of hydrogen-bond acceptors (Lipinski definition) is 6. The highest BCUT2D eigenvalue weighted by Crippen LogP contribution is 2.31. The highest BCUT2D eigenvalue weighted by Gasteiger charge is 2.33. The van der Waals surface area contributed by atoms with E-state index in [0.29, 0.717) is 6.54 Å². The molecular weight excluding hydrogens is 412 g/mol. The molecule has 2 atom stereocenters. The van der Waals surface area contributed by atoms with Crippen molar-refractivity contribution in [3.8, 4) is 0 Å². The fourth-order valence-electron chi connectivity index (χ4n) is 4.21. The molecule has 1 aromatic carbocycles. The van der Waals surface area contributed by atoms with Crippen LogP contribution in [0.1, 0.15) is 24.8 Å². The van der Waals surface area contributed by atoms with Crippen LogP contribution in [0, 0.1) is 0 Å². The van der Waals surface area contributed by atoms with Gasteiger partial charge in [-0.05, 0) is 53.9 Å². The minimum Gasteiger partial charge on any atom is -0.478 e. The van der Waals surface area contributed by atoms with Gasteiger partial charge >= 0.3 is 5.97 Å². The Morgan fingerprint density at radius 3 is 2.93 bits per heavy atom. The van der Waals surface area contributed by atoms with Gasteiger partial charge < -0.3 is 15.1 Å². The lowest BCUT2D eigenvalue weighted by Crippen LogP contribution is -2.49. The molecule has 0 aliphatic carbocycles. The minimum absolute atomic E-state index is 0.136. The van der Waals surface area contributed by atoms with Gasteiger partial charge in [-0.3, -0.25) is 9.69 Å². The summed E-state index contributed by atoms with van der Waals surface area (Å²) in [4.78, 5) is 27.4. The molecule has 6 nitrogen and oxygen atoms in total. The molecule has 0 bridgehead atoms. The Hall–Kier alpha value is -1.93. The van der Waals surface area contributed by atoms with E-state index in [1.807, 2.05) is 18.2 Å². The largest absolute Gasteiger partial charge is 0.478 e. The Morgan fingerprint density at radius 1 is 1.31 bits per heavy atom. The molecule has 0 radical (unpaired) electrons. The number of piperidine rings is 1. The predicted octanol–water partition coefficient (Wildman–Crippen LogP) is 3.12. The van der Waals surface area contributed by atoms with Gasteiger partial charge in [-0.15, -0.1) is 11.3 Å². The maximum absolute atomic E-state index is 11.9. The van der Waals surface area contributed by atoms with Crippen LogP contribution in [0.4, 0.5) is 0 Å². The van der Waals surface area contributed by atoms with Gasteiger partial charge in [0, 0.05) is 35.1 Å². The smallest absolute Gasteiger partial charge is 0.340 e. The molecule has 3 heterocycles. The Labute approximate surface area is 178 Å². The number of Topliss-reactive ketones (excluding diaryl/α,β-unsaturated/α-hetero) is 1. The summed E-state index contributed by atoms with van der Waals surface area (Å²) in [6.07, 6.45) is 3.34. The summed E-state index contributed by atoms with van der Waals surface area (Å²) in [6, 6.07) is 6.19. The first-order valence-electron chi connectivity index (χ1n) is 9.73. The molecule has 0 amide bonds. The summed E-state index contributed by atoms with van der Waals surface area (Å²) in [5, 5.41) is 23.3. The SMILES string of the molecule is O=C(O)C1=CN(CC2CCCCN2Cc2csc3ccc(Cl)cc23)CC(O)C1=O. The molecule has 2 N–H and O–H groups in total. The number of aliphatic hydroxyl groups is 1. The highest BCUT2D eigenvalue weighted by atomic mass is 35.5. The number of thiophene rings is 1. The van der Waals surface area contributed by atoms with E-state index in [1.54, 1.807) is 16.2 Å². The highest BCUT2D eigenvalue weighted by molar-refractivity contribution is 7.17. The Morgan fingerprint density at radius 2 is 2.14 bits per heavy atom. The molecule has 2 aromatic rings. The number of aliphatic hydroxyl groups excluding tert-OH is 1. The fraction of sp³-hybridized carbons (Fsp3) is 0.429. The van der Waals surface area contributed by atoms with E-state index < -0.39 is 17.9 Å². The summed E-state index contributed by atoms with van der Waals surface area (Å²) in [7, 11) is 0. The number of benzene rings is 1. The van der Waals surface area contributed by atoms with Gasteiger partial charge in [0.2, 0.25) is 5.78 Å². The van der Waals surface area contributed by atoms with Crippen molar-refractivity contribution in [1.82, 2.24) is 9.80 Å². The van der Waals surface area contributed by atoms with E-state index in [0.717, 1.165) is 37.4 Å². The normalized spacial score (nSPS) is 23.4. The van der Waals surface area contributed by atoms with Crippen molar-refractivity contribution in [1.29, 1.82) is 0 Å². The zero-order valence-corrected chi connectivity index (χ0v) is 17.5. The lowest BCUT2D eigenvalue weighted by Gasteiger charge is -2.39. The Bertz CT molecular complexity index is 973. The zero-order chi connectivity index (χ0) is 20.5. The van der Waals surface area contributed by atoms with Crippen LogP contribution in [0.5, 0.6) is 0 Å². The molecule has 1 fully saturated rings. The van der Waals surface area contributed by atoms with Crippen LogP contribution in [0.3, 0.4) is 0 Å². The van der Waals surface area contributed by atoms with Gasteiger partial charge in [0.05, 0.1) is 6.54 Å². The lowest BCUT2D eigenvalue weighted by atomic mass is 9.98. The van der Waals surface area contributed by atoms with E-state index in [1.165, 1.54) is 21.8 Å². The quantitative estimate of drug-likeness (QED) is 0.704. The molecule has 2 unspecified atom stereocenters. The summed E-state index contributed by atoms with van der Waals surface area (Å²) in [6.45, 7) is 2.49. The number of nitrogens with zero attached hydrogens (tertiary/aromatic N) is 2. The number of halogens is 1. The molecule has 2 aliphatic rings. The van der Waals surface area contributed by atoms with Gasteiger partial charge in [0.15, 0.2) is 0 Å². The standard InChI is InChI=1S/C21H23ClN2O4S/c22-14-4-5-19-16(7-14)13(12-29-19)8-24-6-2-1-3-15(24)9-23-10-17(21(27)28)20(26)18(25)11-23/h4-5,7,10,12,15,18,25H,1-3,6,8-9,11H2,(H,27,28). The monoisotopic (exact) mass is 434 g/mol. The first-order valence-corrected chi connectivity index (χ1v) is 11.0. The molecule has 0 saturated carbocycles. The third-order valence-corrected chi connectivity index (χ3v) is 6.95. The number of carboxylic acids is 1. The molecular formula is C21H23ClN2O4S. The summed E-state index contributed by atoms with van der Waals surface area (Å²) < 4.78 is 1.21. The van der Waals surface area contributed by atoms with Crippen molar-refractivity contribution >= 4 is 44.8 Å². The van der Waals surface area contributed by atoms with E-state index in [2.05, 4.69) is 10.3 Å². The number of fused-ring (bicyclic) bond motifs is 1. The summed E-state index contributed by atoms with van der Waals surface area (Å²) in [5.74, 6) is -2.00. The van der Waals surface area contributed by atoms with Crippen LogP contribution in [0.2, 0.25) is 5.02 Å². The molecule has 2 aliphatic heterocycles. The van der Waals surface area contributed by atoms with E-state index >= 15 is 0 Å². The fourth-order valence-corrected chi connectivity index (χ4v) is 5.32. The number of aliphatic carboxylic acids is 1. The number of rotatable bonds is 5. The third kappa shape index (κ3) is 4.33. The van der Waals surface area contributed by atoms with Gasteiger partial charge in [-0.2, -0.15) is 0 Å². The molecule has 1 saturated heterocycles. The van der Waals surface area contributed by atoms with Gasteiger partial charge in [-0.1, -0.05) is 18.0 Å². The average molecular weight is 435 g/mol. The molecule has 29 heavy (non-hydrogen) atoms. The number of ketones is 1. The number of hydrogen-bond donors (Lipinski definition) is 2. The van der Waals surface area contributed by atoms with E-state index in [9.17, 15) is 19.8 Å². The Kier molecular flexibility index (Phi) is 5.92. The number of β-amino-alcohol motifs (C(OH)–C–C–N with tert-alkyl or cyclic N) is 1. The minimum atomic E-state index is -1.29.